The van der Waals surface area contributed by atoms with Crippen molar-refractivity contribution < 1.29 is 9.59 Å². The van der Waals surface area contributed by atoms with Crippen LogP contribution >= 0.6 is 12.2 Å². The molecule has 1 aliphatic rings. The molecule has 2 aromatic rings. The number of carbonyl (C=O) groups excluding carboxylic acids is 2. The number of hydrogen-bond acceptors (Lipinski definition) is 5. The van der Waals surface area contributed by atoms with Gasteiger partial charge in [0, 0.05) is 5.39 Å². The highest BCUT2D eigenvalue weighted by Crippen LogP contribution is 2.24. The molecule has 1 saturated heterocycles. The molecule has 1 aromatic carbocycles. The quantitative estimate of drug-likeness (QED) is 0.614. The van der Waals surface area contributed by atoms with Gasteiger partial charge in [0.15, 0.2) is 0 Å². The zero-order chi connectivity index (χ0) is 15.0. The molecule has 2 amide bonds. The van der Waals surface area contributed by atoms with Gasteiger partial charge in [-0.15, -0.1) is 0 Å². The second-order valence-electron chi connectivity index (χ2n) is 4.74. The number of amides is 2. The van der Waals surface area contributed by atoms with E-state index in [1.165, 1.54) is 0 Å². The molecule has 1 aliphatic heterocycles. The molecule has 1 aromatic heterocycles. The molecule has 0 aliphatic carbocycles. The number of nitrogens with zero attached hydrogens (tertiary/aromatic N) is 2. The fourth-order valence-electron chi connectivity index (χ4n) is 2.32. The highest BCUT2D eigenvalue weighted by molar-refractivity contribution is 7.80. The minimum atomic E-state index is -0.366. The van der Waals surface area contributed by atoms with Crippen molar-refractivity contribution in [2.24, 2.45) is 5.73 Å². The van der Waals surface area contributed by atoms with Crippen LogP contribution in [0.15, 0.2) is 30.3 Å². The number of carbonyl (C=O) groups is 2. The molecule has 0 radical (unpaired) electrons. The van der Waals surface area contributed by atoms with Crippen LogP contribution in [0.1, 0.15) is 5.56 Å². The first kappa shape index (κ1) is 13.4. The Morgan fingerprint density at radius 1 is 1.24 bits per heavy atom. The Morgan fingerprint density at radius 2 is 1.90 bits per heavy atom. The third-order valence-corrected chi connectivity index (χ3v) is 3.44. The van der Waals surface area contributed by atoms with E-state index in [1.54, 1.807) is 4.90 Å². The van der Waals surface area contributed by atoms with E-state index in [0.717, 1.165) is 10.9 Å². The zero-order valence-corrected chi connectivity index (χ0v) is 11.8. The second kappa shape index (κ2) is 5.10. The Hall–Kier alpha value is -2.54. The number of benzene rings is 1. The summed E-state index contributed by atoms with van der Waals surface area (Å²) < 4.78 is 0. The van der Waals surface area contributed by atoms with Crippen LogP contribution in [0.4, 0.5) is 5.82 Å². The monoisotopic (exact) mass is 300 g/mol. The van der Waals surface area contributed by atoms with Crippen molar-refractivity contribution in [1.29, 1.82) is 0 Å². The average molecular weight is 300 g/mol. The number of rotatable bonds is 2. The maximum absolute atomic E-state index is 11.5. The van der Waals surface area contributed by atoms with Crippen LogP contribution in [0.3, 0.4) is 0 Å². The van der Waals surface area contributed by atoms with Crippen LogP contribution in [0.2, 0.25) is 0 Å². The fraction of sp³-hybridized carbons (Fsp3) is 0.143. The van der Waals surface area contributed by atoms with Gasteiger partial charge in [-0.1, -0.05) is 30.4 Å². The minimum Gasteiger partial charge on any atom is -0.389 e. The normalized spacial score (nSPS) is 15.1. The van der Waals surface area contributed by atoms with Crippen molar-refractivity contribution in [3.8, 4) is 0 Å². The molecular weight excluding hydrogens is 288 g/mol. The Morgan fingerprint density at radius 3 is 2.57 bits per heavy atom. The summed E-state index contributed by atoms with van der Waals surface area (Å²) >= 11 is 5.07. The predicted molar refractivity (Wildman–Crippen MR) is 83.0 cm³/mol. The Kier molecular flexibility index (Phi) is 3.26. The average Bonchev–Trinajstić information content (AvgIpc) is 2.44. The SMILES string of the molecule is NC(=S)c1cc2ccccc2nc1N1CC(=O)NC(=O)C1. The minimum absolute atomic E-state index is 0.0483. The molecule has 0 atom stereocenters. The maximum Gasteiger partial charge on any atom is 0.246 e. The molecule has 2 heterocycles. The van der Waals surface area contributed by atoms with Gasteiger partial charge in [0.05, 0.1) is 24.2 Å². The predicted octanol–water partition coefficient (Wildman–Crippen LogP) is 0.332. The number of thiocarbonyl (C=S) groups is 1. The van der Waals surface area contributed by atoms with Crippen LogP contribution in [-0.2, 0) is 9.59 Å². The smallest absolute Gasteiger partial charge is 0.246 e. The third-order valence-electron chi connectivity index (χ3n) is 3.22. The summed E-state index contributed by atoms with van der Waals surface area (Å²) in [7, 11) is 0. The first-order chi connectivity index (χ1) is 10.0. The van der Waals surface area contributed by atoms with E-state index in [1.807, 2.05) is 30.3 Å². The van der Waals surface area contributed by atoms with Gasteiger partial charge in [-0.05, 0) is 12.1 Å². The largest absolute Gasteiger partial charge is 0.389 e. The lowest BCUT2D eigenvalue weighted by Gasteiger charge is -2.28. The third kappa shape index (κ3) is 2.55. The molecule has 0 saturated carbocycles. The van der Waals surface area contributed by atoms with Crippen LogP contribution < -0.4 is 16.0 Å². The van der Waals surface area contributed by atoms with Crippen LogP contribution in [-0.4, -0.2) is 34.9 Å². The lowest BCUT2D eigenvalue weighted by Crippen LogP contribution is -2.52. The van der Waals surface area contributed by atoms with Gasteiger partial charge >= 0.3 is 0 Å². The van der Waals surface area contributed by atoms with Crippen LogP contribution in [0, 0.1) is 0 Å². The van der Waals surface area contributed by atoms with Crippen molar-refractivity contribution in [2.75, 3.05) is 18.0 Å². The van der Waals surface area contributed by atoms with Gasteiger partial charge in [0.2, 0.25) is 11.8 Å². The summed E-state index contributed by atoms with van der Waals surface area (Å²) in [5.41, 5.74) is 7.08. The molecule has 21 heavy (non-hydrogen) atoms. The van der Waals surface area contributed by atoms with E-state index < -0.39 is 0 Å². The molecule has 0 spiro atoms. The number of anilines is 1. The van der Waals surface area contributed by atoms with Crippen LogP contribution in [0.5, 0.6) is 0 Å². The number of fused-ring (bicyclic) bond motifs is 1. The van der Waals surface area contributed by atoms with E-state index in [-0.39, 0.29) is 29.9 Å². The molecular formula is C14H12N4O2S. The number of para-hydroxylation sites is 1. The summed E-state index contributed by atoms with van der Waals surface area (Å²) in [6.07, 6.45) is 0. The lowest BCUT2D eigenvalue weighted by atomic mass is 10.1. The van der Waals surface area contributed by atoms with Gasteiger partial charge in [0.1, 0.15) is 10.8 Å². The lowest BCUT2D eigenvalue weighted by molar-refractivity contribution is -0.130. The van der Waals surface area contributed by atoms with E-state index in [4.69, 9.17) is 18.0 Å². The Bertz CT molecular complexity index is 759. The molecule has 0 bridgehead atoms. The molecule has 7 heteroatoms. The number of nitrogens with one attached hydrogen (secondary N) is 1. The van der Waals surface area contributed by atoms with Gasteiger partial charge in [-0.2, -0.15) is 0 Å². The summed E-state index contributed by atoms with van der Waals surface area (Å²) in [6.45, 7) is 0.0966. The Labute approximate surface area is 125 Å². The summed E-state index contributed by atoms with van der Waals surface area (Å²) in [5.74, 6) is -0.269. The molecule has 0 unspecified atom stereocenters. The number of pyridine rings is 1. The van der Waals surface area contributed by atoms with E-state index >= 15 is 0 Å². The highest BCUT2D eigenvalue weighted by Gasteiger charge is 2.26. The number of nitrogens with two attached hydrogens (primary N) is 1. The van der Waals surface area contributed by atoms with Gasteiger partial charge in [-0.3, -0.25) is 14.9 Å². The number of piperazine rings is 1. The number of imide groups is 1. The zero-order valence-electron chi connectivity index (χ0n) is 11.0. The first-order valence-corrected chi connectivity index (χ1v) is 6.72. The number of aromatic nitrogens is 1. The standard InChI is InChI=1S/C14H12N4O2S/c15-13(21)9-5-8-3-1-2-4-10(8)16-14(9)18-6-11(19)17-12(20)7-18/h1-5H,6-7H2,(H2,15,21)(H,17,19,20). The van der Waals surface area contributed by atoms with Crippen LogP contribution in [0.25, 0.3) is 10.9 Å². The van der Waals surface area contributed by atoms with Crippen molar-refractivity contribution in [3.05, 3.63) is 35.9 Å². The number of hydrogen-bond donors (Lipinski definition) is 2. The second-order valence-corrected chi connectivity index (χ2v) is 5.18. The maximum atomic E-state index is 11.5. The summed E-state index contributed by atoms with van der Waals surface area (Å²) in [5, 5.41) is 3.15. The molecule has 3 N–H and O–H groups in total. The molecule has 1 fully saturated rings. The van der Waals surface area contributed by atoms with E-state index in [2.05, 4.69) is 10.3 Å². The van der Waals surface area contributed by atoms with Crippen molar-refractivity contribution in [1.82, 2.24) is 10.3 Å². The summed E-state index contributed by atoms with van der Waals surface area (Å²) in [6, 6.07) is 9.35. The molecule has 3 rings (SSSR count). The van der Waals surface area contributed by atoms with Crippen molar-refractivity contribution in [2.45, 2.75) is 0 Å². The van der Waals surface area contributed by atoms with E-state index in [0.29, 0.717) is 11.4 Å². The van der Waals surface area contributed by atoms with Crippen molar-refractivity contribution in [3.63, 3.8) is 0 Å². The van der Waals surface area contributed by atoms with E-state index in [9.17, 15) is 9.59 Å². The first-order valence-electron chi connectivity index (χ1n) is 6.32. The van der Waals surface area contributed by atoms with Gasteiger partial charge in [-0.25, -0.2) is 4.98 Å². The van der Waals surface area contributed by atoms with Crippen molar-refractivity contribution >= 4 is 45.7 Å². The fourth-order valence-corrected chi connectivity index (χ4v) is 2.47. The molecule has 6 nitrogen and oxygen atoms in total. The van der Waals surface area contributed by atoms with Gasteiger partial charge in [0.25, 0.3) is 0 Å². The Balaban J connectivity index is 2.15. The topological polar surface area (TPSA) is 88.3 Å². The highest BCUT2D eigenvalue weighted by atomic mass is 32.1. The van der Waals surface area contributed by atoms with Gasteiger partial charge < -0.3 is 10.6 Å². The summed E-state index contributed by atoms with van der Waals surface area (Å²) in [4.78, 5) is 29.4. The molecule has 106 valence electrons.